The number of rotatable bonds is 3. The van der Waals surface area contributed by atoms with Crippen LogP contribution in [0.1, 0.15) is 5.56 Å². The number of anilines is 2. The summed E-state index contributed by atoms with van der Waals surface area (Å²) in [4.78, 5) is 8.56. The SMILES string of the molecule is COc1cnc2ccc(Nc3ccccc3)c(C#N)c2n1. The van der Waals surface area contributed by atoms with Gasteiger partial charge in [0.1, 0.15) is 17.1 Å². The highest BCUT2D eigenvalue weighted by Gasteiger charge is 2.11. The van der Waals surface area contributed by atoms with Gasteiger partial charge in [-0.15, -0.1) is 0 Å². The van der Waals surface area contributed by atoms with Crippen LogP contribution in [0.15, 0.2) is 48.7 Å². The highest BCUT2D eigenvalue weighted by molar-refractivity contribution is 5.88. The number of nitrogens with zero attached hydrogens (tertiary/aromatic N) is 3. The summed E-state index contributed by atoms with van der Waals surface area (Å²) in [5, 5.41) is 12.7. The van der Waals surface area contributed by atoms with E-state index < -0.39 is 0 Å². The van der Waals surface area contributed by atoms with Gasteiger partial charge in [0.2, 0.25) is 5.88 Å². The molecule has 0 radical (unpaired) electrons. The molecule has 1 N–H and O–H groups in total. The first-order valence-electron chi connectivity index (χ1n) is 6.38. The summed E-state index contributed by atoms with van der Waals surface area (Å²) in [6.45, 7) is 0. The van der Waals surface area contributed by atoms with E-state index in [1.165, 1.54) is 13.3 Å². The van der Waals surface area contributed by atoms with Gasteiger partial charge in [-0.25, -0.2) is 9.97 Å². The van der Waals surface area contributed by atoms with Crippen LogP contribution in [0.4, 0.5) is 11.4 Å². The van der Waals surface area contributed by atoms with Crippen molar-refractivity contribution >= 4 is 22.4 Å². The minimum atomic E-state index is 0.385. The molecule has 5 heteroatoms. The number of ether oxygens (including phenoxy) is 1. The third-order valence-corrected chi connectivity index (χ3v) is 3.07. The monoisotopic (exact) mass is 276 g/mol. The Morgan fingerprint density at radius 3 is 2.67 bits per heavy atom. The molecule has 102 valence electrons. The van der Waals surface area contributed by atoms with E-state index in [0.29, 0.717) is 28.2 Å². The highest BCUT2D eigenvalue weighted by atomic mass is 16.5. The molecule has 0 amide bonds. The maximum absolute atomic E-state index is 9.46. The van der Waals surface area contributed by atoms with Crippen molar-refractivity contribution in [1.29, 1.82) is 5.26 Å². The van der Waals surface area contributed by atoms with Gasteiger partial charge < -0.3 is 10.1 Å². The number of para-hydroxylation sites is 1. The summed E-state index contributed by atoms with van der Waals surface area (Å²) < 4.78 is 5.08. The first-order chi connectivity index (χ1) is 10.3. The molecule has 0 spiro atoms. The quantitative estimate of drug-likeness (QED) is 0.795. The van der Waals surface area contributed by atoms with Crippen LogP contribution in [0.2, 0.25) is 0 Å². The van der Waals surface area contributed by atoms with Gasteiger partial charge in [-0.2, -0.15) is 5.26 Å². The minimum Gasteiger partial charge on any atom is -0.480 e. The summed E-state index contributed by atoms with van der Waals surface area (Å²) >= 11 is 0. The molecule has 3 rings (SSSR count). The standard InChI is InChI=1S/C16H12N4O/c1-21-15-10-18-14-8-7-13(12(9-17)16(14)20-15)19-11-5-3-2-4-6-11/h2-8,10,19H,1H3. The van der Waals surface area contributed by atoms with E-state index in [4.69, 9.17) is 4.74 Å². The Labute approximate surface area is 121 Å². The van der Waals surface area contributed by atoms with Gasteiger partial charge in [-0.1, -0.05) is 18.2 Å². The van der Waals surface area contributed by atoms with Gasteiger partial charge in [0.05, 0.1) is 24.5 Å². The molecule has 3 aromatic rings. The largest absolute Gasteiger partial charge is 0.480 e. The maximum atomic E-state index is 9.46. The van der Waals surface area contributed by atoms with Crippen molar-refractivity contribution in [2.75, 3.05) is 12.4 Å². The number of nitrogens with one attached hydrogen (secondary N) is 1. The minimum absolute atomic E-state index is 0.385. The number of nitriles is 1. The average molecular weight is 276 g/mol. The second-order valence-corrected chi connectivity index (χ2v) is 4.37. The van der Waals surface area contributed by atoms with Crippen molar-refractivity contribution in [3.63, 3.8) is 0 Å². The molecular weight excluding hydrogens is 264 g/mol. The van der Waals surface area contributed by atoms with Gasteiger partial charge in [-0.3, -0.25) is 0 Å². The van der Waals surface area contributed by atoms with Crippen LogP contribution in [-0.2, 0) is 0 Å². The van der Waals surface area contributed by atoms with Crippen LogP contribution in [0.3, 0.4) is 0 Å². The van der Waals surface area contributed by atoms with Crippen molar-refractivity contribution in [3.05, 3.63) is 54.2 Å². The van der Waals surface area contributed by atoms with Crippen LogP contribution in [0, 0.1) is 11.3 Å². The highest BCUT2D eigenvalue weighted by Crippen LogP contribution is 2.27. The van der Waals surface area contributed by atoms with Gasteiger partial charge >= 0.3 is 0 Å². The van der Waals surface area contributed by atoms with Gasteiger partial charge in [-0.05, 0) is 24.3 Å². The van der Waals surface area contributed by atoms with E-state index in [9.17, 15) is 5.26 Å². The molecule has 21 heavy (non-hydrogen) atoms. The van der Waals surface area contributed by atoms with Gasteiger partial charge in [0.15, 0.2) is 0 Å². The molecule has 1 aromatic heterocycles. The second-order valence-electron chi connectivity index (χ2n) is 4.37. The molecule has 1 heterocycles. The van der Waals surface area contributed by atoms with E-state index in [0.717, 1.165) is 5.69 Å². The predicted molar refractivity (Wildman–Crippen MR) is 80.5 cm³/mol. The Balaban J connectivity index is 2.13. The van der Waals surface area contributed by atoms with E-state index in [2.05, 4.69) is 21.4 Å². The number of methoxy groups -OCH3 is 1. The van der Waals surface area contributed by atoms with E-state index in [1.54, 1.807) is 0 Å². The first kappa shape index (κ1) is 12.9. The third kappa shape index (κ3) is 2.47. The zero-order valence-electron chi connectivity index (χ0n) is 11.4. The zero-order chi connectivity index (χ0) is 14.7. The molecule has 5 nitrogen and oxygen atoms in total. The topological polar surface area (TPSA) is 70.8 Å². The molecule has 0 saturated heterocycles. The molecule has 2 aromatic carbocycles. The maximum Gasteiger partial charge on any atom is 0.232 e. The van der Waals surface area contributed by atoms with E-state index >= 15 is 0 Å². The normalized spacial score (nSPS) is 10.1. The second kappa shape index (κ2) is 5.47. The third-order valence-electron chi connectivity index (χ3n) is 3.07. The Morgan fingerprint density at radius 1 is 1.14 bits per heavy atom. The number of aromatic nitrogens is 2. The number of benzene rings is 2. The van der Waals surface area contributed by atoms with Crippen LogP contribution < -0.4 is 10.1 Å². The molecule has 0 fully saturated rings. The molecule has 0 bridgehead atoms. The van der Waals surface area contributed by atoms with E-state index in [1.807, 2.05) is 42.5 Å². The summed E-state index contributed by atoms with van der Waals surface area (Å²) in [6.07, 6.45) is 1.54. The van der Waals surface area contributed by atoms with Crippen molar-refractivity contribution in [2.45, 2.75) is 0 Å². The molecule has 0 aliphatic rings. The number of hydrogen-bond acceptors (Lipinski definition) is 5. The Hall–Kier alpha value is -3.13. The van der Waals surface area contributed by atoms with Crippen molar-refractivity contribution in [3.8, 4) is 11.9 Å². The average Bonchev–Trinajstić information content (AvgIpc) is 2.55. The van der Waals surface area contributed by atoms with Crippen molar-refractivity contribution in [1.82, 2.24) is 9.97 Å². The van der Waals surface area contributed by atoms with Crippen LogP contribution in [-0.4, -0.2) is 17.1 Å². The fourth-order valence-corrected chi connectivity index (χ4v) is 2.05. The zero-order valence-corrected chi connectivity index (χ0v) is 11.4. The lowest BCUT2D eigenvalue weighted by atomic mass is 10.1. The summed E-state index contributed by atoms with van der Waals surface area (Å²) in [5.74, 6) is 0.385. The lowest BCUT2D eigenvalue weighted by Crippen LogP contribution is -1.98. The van der Waals surface area contributed by atoms with Crippen LogP contribution >= 0.6 is 0 Å². The molecular formula is C16H12N4O. The summed E-state index contributed by atoms with van der Waals surface area (Å²) in [5.41, 5.74) is 3.23. The number of hydrogen-bond donors (Lipinski definition) is 1. The summed E-state index contributed by atoms with van der Waals surface area (Å²) in [6, 6.07) is 15.5. The molecule has 0 aliphatic heterocycles. The summed E-state index contributed by atoms with van der Waals surface area (Å²) in [7, 11) is 1.52. The smallest absolute Gasteiger partial charge is 0.232 e. The lowest BCUT2D eigenvalue weighted by molar-refractivity contribution is 0.397. The Kier molecular flexibility index (Phi) is 3.36. The van der Waals surface area contributed by atoms with Crippen LogP contribution in [0.25, 0.3) is 11.0 Å². The Bertz CT molecular complexity index is 825. The van der Waals surface area contributed by atoms with Crippen LogP contribution in [0.5, 0.6) is 5.88 Å². The fourth-order valence-electron chi connectivity index (χ4n) is 2.05. The van der Waals surface area contributed by atoms with Crippen molar-refractivity contribution < 1.29 is 4.74 Å². The fraction of sp³-hybridized carbons (Fsp3) is 0.0625. The lowest BCUT2D eigenvalue weighted by Gasteiger charge is -2.10. The molecule has 0 atom stereocenters. The van der Waals surface area contributed by atoms with Crippen molar-refractivity contribution in [2.24, 2.45) is 0 Å². The number of fused-ring (bicyclic) bond motifs is 1. The van der Waals surface area contributed by atoms with Gasteiger partial charge in [0, 0.05) is 5.69 Å². The molecule has 0 unspecified atom stereocenters. The molecule has 0 aliphatic carbocycles. The predicted octanol–water partition coefficient (Wildman–Crippen LogP) is 3.25. The molecule has 0 saturated carbocycles. The van der Waals surface area contributed by atoms with E-state index in [-0.39, 0.29) is 0 Å². The Morgan fingerprint density at radius 2 is 1.95 bits per heavy atom. The first-order valence-corrected chi connectivity index (χ1v) is 6.38. The van der Waals surface area contributed by atoms with Gasteiger partial charge in [0.25, 0.3) is 0 Å².